The van der Waals surface area contributed by atoms with Crippen molar-refractivity contribution in [2.24, 2.45) is 4.99 Å². The maximum Gasteiger partial charge on any atom is 0.344 e. The van der Waals surface area contributed by atoms with Crippen LogP contribution in [0, 0.1) is 0 Å². The van der Waals surface area contributed by atoms with Crippen LogP contribution >= 0.6 is 11.6 Å². The molecule has 1 fully saturated rings. The maximum absolute atomic E-state index is 12.9. The van der Waals surface area contributed by atoms with Crippen LogP contribution in [0.25, 0.3) is 0 Å². The number of esters is 1. The quantitative estimate of drug-likeness (QED) is 0.276. The van der Waals surface area contributed by atoms with Crippen molar-refractivity contribution in [1.29, 1.82) is 0 Å². The topological polar surface area (TPSA) is 207 Å². The van der Waals surface area contributed by atoms with Gasteiger partial charge in [-0.3, -0.25) is 24.7 Å². The van der Waals surface area contributed by atoms with Gasteiger partial charge in [-0.2, -0.15) is 0 Å². The third kappa shape index (κ3) is 8.22. The molecule has 0 unspecified atom stereocenters. The SMILES string of the molecule is CN(C)C(=O)COC(=O)COc1ccc(CCC(=O)N2CCC3(CC2)CN=C(NC(=O)c2nc(Cl)c(N)nc2N)N3)cc1. The number of halogens is 1. The lowest BCUT2D eigenvalue weighted by Crippen LogP contribution is -2.57. The van der Waals surface area contributed by atoms with Crippen molar-refractivity contribution < 1.29 is 28.7 Å². The number of likely N-dealkylation sites (tertiary alicyclic amines) is 1. The Bertz CT molecular complexity index is 1410. The summed E-state index contributed by atoms with van der Waals surface area (Å²) in [6.07, 6.45) is 2.22. The second kappa shape index (κ2) is 13.5. The number of nitrogen functional groups attached to an aromatic ring is 2. The first-order valence-corrected chi connectivity index (χ1v) is 13.9. The molecule has 0 aliphatic carbocycles. The number of rotatable bonds is 9. The number of guanidine groups is 1. The average molecular weight is 616 g/mol. The Kier molecular flexibility index (Phi) is 9.85. The third-order valence-corrected chi connectivity index (χ3v) is 7.39. The van der Waals surface area contributed by atoms with Crippen LogP contribution in [-0.4, -0.2) is 102 Å². The van der Waals surface area contributed by atoms with Gasteiger partial charge in [0, 0.05) is 33.6 Å². The molecule has 0 atom stereocenters. The van der Waals surface area contributed by atoms with Crippen molar-refractivity contribution >= 4 is 52.9 Å². The largest absolute Gasteiger partial charge is 0.482 e. The van der Waals surface area contributed by atoms with E-state index in [1.54, 1.807) is 26.2 Å². The molecule has 0 radical (unpaired) electrons. The zero-order chi connectivity index (χ0) is 31.1. The molecule has 1 aromatic heterocycles. The van der Waals surface area contributed by atoms with Crippen molar-refractivity contribution in [2.75, 3.05) is 58.4 Å². The van der Waals surface area contributed by atoms with Crippen LogP contribution in [-0.2, 0) is 25.5 Å². The summed E-state index contributed by atoms with van der Waals surface area (Å²) in [6.45, 7) is 0.907. The molecule has 0 bridgehead atoms. The van der Waals surface area contributed by atoms with E-state index >= 15 is 0 Å². The van der Waals surface area contributed by atoms with Crippen LogP contribution in [0.15, 0.2) is 29.3 Å². The lowest BCUT2D eigenvalue weighted by Gasteiger charge is -2.39. The number of aryl methyl sites for hydroxylation is 1. The number of ether oxygens (including phenoxy) is 2. The number of carbonyl (C=O) groups is 4. The number of hydrogen-bond donors (Lipinski definition) is 4. The molecule has 6 N–H and O–H groups in total. The minimum absolute atomic E-state index is 0.0481. The summed E-state index contributed by atoms with van der Waals surface area (Å²) < 4.78 is 10.3. The van der Waals surface area contributed by atoms with E-state index in [0.717, 1.165) is 5.56 Å². The van der Waals surface area contributed by atoms with Crippen molar-refractivity contribution in [3.8, 4) is 5.75 Å². The van der Waals surface area contributed by atoms with Crippen LogP contribution < -0.4 is 26.8 Å². The molecule has 1 spiro atoms. The van der Waals surface area contributed by atoms with Gasteiger partial charge in [0.05, 0.1) is 12.1 Å². The molecule has 3 heterocycles. The molecule has 15 nitrogen and oxygen atoms in total. The Labute approximate surface area is 252 Å². The zero-order valence-electron chi connectivity index (χ0n) is 23.9. The summed E-state index contributed by atoms with van der Waals surface area (Å²) in [5, 5.41) is 5.81. The number of nitrogens with zero attached hydrogens (tertiary/aromatic N) is 5. The second-order valence-electron chi connectivity index (χ2n) is 10.4. The fraction of sp³-hybridized carbons (Fsp3) is 0.444. The fourth-order valence-corrected chi connectivity index (χ4v) is 4.62. The minimum Gasteiger partial charge on any atom is -0.482 e. The van der Waals surface area contributed by atoms with Gasteiger partial charge < -0.3 is 36.1 Å². The summed E-state index contributed by atoms with van der Waals surface area (Å²) in [6, 6.07) is 7.10. The lowest BCUT2D eigenvalue weighted by atomic mass is 9.88. The van der Waals surface area contributed by atoms with E-state index in [0.29, 0.717) is 57.0 Å². The number of anilines is 2. The molecule has 43 heavy (non-hydrogen) atoms. The van der Waals surface area contributed by atoms with Gasteiger partial charge in [0.25, 0.3) is 11.8 Å². The van der Waals surface area contributed by atoms with Crippen LogP contribution in [0.3, 0.4) is 0 Å². The maximum atomic E-state index is 12.9. The summed E-state index contributed by atoms with van der Waals surface area (Å²) in [5.74, 6) is -0.965. The molecule has 1 aromatic carbocycles. The fourth-order valence-electron chi connectivity index (χ4n) is 4.49. The Morgan fingerprint density at radius 2 is 1.77 bits per heavy atom. The molecule has 4 rings (SSSR count). The monoisotopic (exact) mass is 615 g/mol. The molecule has 2 aromatic rings. The van der Waals surface area contributed by atoms with Crippen molar-refractivity contribution in [1.82, 2.24) is 30.4 Å². The highest BCUT2D eigenvalue weighted by Gasteiger charge is 2.40. The first-order valence-electron chi connectivity index (χ1n) is 13.5. The number of aromatic nitrogens is 2. The molecule has 1 saturated heterocycles. The number of aliphatic imine (C=N–C) groups is 1. The molecule has 2 aliphatic heterocycles. The van der Waals surface area contributed by atoms with Gasteiger partial charge in [0.2, 0.25) is 5.91 Å². The smallest absolute Gasteiger partial charge is 0.344 e. The number of benzene rings is 1. The van der Waals surface area contributed by atoms with Gasteiger partial charge >= 0.3 is 5.97 Å². The normalized spacial score (nSPS) is 15.3. The van der Waals surface area contributed by atoms with E-state index in [1.807, 2.05) is 17.0 Å². The van der Waals surface area contributed by atoms with Crippen molar-refractivity contribution in [3.05, 3.63) is 40.7 Å². The van der Waals surface area contributed by atoms with E-state index in [-0.39, 0.29) is 53.0 Å². The lowest BCUT2D eigenvalue weighted by molar-refractivity contribution is -0.152. The Morgan fingerprint density at radius 1 is 1.07 bits per heavy atom. The van der Waals surface area contributed by atoms with Gasteiger partial charge in [0.1, 0.15) is 5.75 Å². The highest BCUT2D eigenvalue weighted by molar-refractivity contribution is 6.31. The van der Waals surface area contributed by atoms with E-state index in [4.69, 9.17) is 32.5 Å². The van der Waals surface area contributed by atoms with E-state index in [9.17, 15) is 19.2 Å². The van der Waals surface area contributed by atoms with Crippen molar-refractivity contribution in [3.63, 3.8) is 0 Å². The van der Waals surface area contributed by atoms with Crippen LogP contribution in [0.4, 0.5) is 11.6 Å². The molecular weight excluding hydrogens is 582 g/mol. The van der Waals surface area contributed by atoms with Gasteiger partial charge in [0.15, 0.2) is 41.7 Å². The predicted octanol–water partition coefficient (Wildman–Crippen LogP) is -0.0124. The highest BCUT2D eigenvalue weighted by Crippen LogP contribution is 2.26. The number of likely N-dealkylation sites (N-methyl/N-ethyl adjacent to an activating group) is 1. The molecule has 230 valence electrons. The van der Waals surface area contributed by atoms with Crippen LogP contribution in [0.1, 0.15) is 35.3 Å². The van der Waals surface area contributed by atoms with Gasteiger partial charge in [-0.15, -0.1) is 0 Å². The Morgan fingerprint density at radius 3 is 2.44 bits per heavy atom. The van der Waals surface area contributed by atoms with Crippen LogP contribution in [0.2, 0.25) is 5.15 Å². The molecule has 16 heteroatoms. The summed E-state index contributed by atoms with van der Waals surface area (Å²) in [7, 11) is 3.14. The standard InChI is InChI=1S/C27H34ClN9O6/c1-36(2)19(39)13-43-20(40)14-42-17-6-3-16(4-7-17)5-8-18(38)37-11-9-27(10-12-37)15-31-26(35-27)34-25(41)21-23(29)33-24(30)22(28)32-21/h3-4,6-7H,5,8-15H2,1-2H3,(H4,29,30,33)(H2,31,34,35,41). The molecule has 2 aliphatic rings. The number of nitrogens with two attached hydrogens (primary N) is 2. The predicted molar refractivity (Wildman–Crippen MR) is 157 cm³/mol. The van der Waals surface area contributed by atoms with Crippen LogP contribution in [0.5, 0.6) is 5.75 Å². The van der Waals surface area contributed by atoms with E-state index in [1.165, 1.54) is 4.90 Å². The van der Waals surface area contributed by atoms with E-state index < -0.39 is 11.9 Å². The number of nitrogens with one attached hydrogen (secondary N) is 2. The van der Waals surface area contributed by atoms with Gasteiger partial charge in [-0.25, -0.2) is 14.8 Å². The Balaban J connectivity index is 1.16. The van der Waals surface area contributed by atoms with Gasteiger partial charge in [-0.05, 0) is 37.0 Å². The number of carbonyl (C=O) groups excluding carboxylic acids is 4. The number of amides is 3. The van der Waals surface area contributed by atoms with E-state index in [2.05, 4.69) is 25.6 Å². The third-order valence-electron chi connectivity index (χ3n) is 7.11. The minimum atomic E-state index is -0.642. The first kappa shape index (κ1) is 31.3. The molecule has 0 saturated carbocycles. The molecule has 3 amide bonds. The number of hydrogen-bond acceptors (Lipinski definition) is 12. The Hall–Kier alpha value is -4.66. The summed E-state index contributed by atoms with van der Waals surface area (Å²) in [4.78, 5) is 64.1. The highest BCUT2D eigenvalue weighted by atomic mass is 35.5. The summed E-state index contributed by atoms with van der Waals surface area (Å²) >= 11 is 5.87. The van der Waals surface area contributed by atoms with Gasteiger partial charge in [-0.1, -0.05) is 23.7 Å². The second-order valence-corrected chi connectivity index (χ2v) is 10.8. The number of piperidine rings is 1. The first-order chi connectivity index (χ1) is 20.4. The summed E-state index contributed by atoms with van der Waals surface area (Å²) in [5.41, 5.74) is 11.8. The molecular formula is C27H34ClN9O6. The van der Waals surface area contributed by atoms with Crippen molar-refractivity contribution in [2.45, 2.75) is 31.2 Å². The zero-order valence-corrected chi connectivity index (χ0v) is 24.6. The average Bonchev–Trinajstić information content (AvgIpc) is 3.37.